The van der Waals surface area contributed by atoms with Gasteiger partial charge in [0.05, 0.1) is 12.1 Å². The quantitative estimate of drug-likeness (QED) is 0.923. The van der Waals surface area contributed by atoms with Crippen LogP contribution in [-0.2, 0) is 4.79 Å². The van der Waals surface area contributed by atoms with Gasteiger partial charge in [-0.1, -0.05) is 30.3 Å². The highest BCUT2D eigenvalue weighted by molar-refractivity contribution is 5.79. The fourth-order valence-electron chi connectivity index (χ4n) is 4.37. The van der Waals surface area contributed by atoms with Gasteiger partial charge in [0, 0.05) is 12.5 Å². The predicted molar refractivity (Wildman–Crippen MR) is 92.2 cm³/mol. The first-order valence-electron chi connectivity index (χ1n) is 9.20. The minimum atomic E-state index is -0.417. The molecule has 1 heterocycles. The summed E-state index contributed by atoms with van der Waals surface area (Å²) in [5, 5.41) is 9.99. The van der Waals surface area contributed by atoms with Gasteiger partial charge in [0.2, 0.25) is 5.91 Å². The fourth-order valence-corrected chi connectivity index (χ4v) is 4.37. The Balaban J connectivity index is 1.59. The number of hydrogen-bond acceptors (Lipinski definition) is 2. The van der Waals surface area contributed by atoms with Gasteiger partial charge in [-0.3, -0.25) is 4.79 Å². The molecule has 0 bridgehead atoms. The van der Waals surface area contributed by atoms with Gasteiger partial charge < -0.3 is 10.0 Å². The Morgan fingerprint density at radius 3 is 2.43 bits per heavy atom. The zero-order valence-electron chi connectivity index (χ0n) is 14.2. The van der Waals surface area contributed by atoms with Crippen LogP contribution in [0.15, 0.2) is 30.3 Å². The summed E-state index contributed by atoms with van der Waals surface area (Å²) in [6.07, 6.45) is 6.92. The molecule has 0 spiro atoms. The summed E-state index contributed by atoms with van der Waals surface area (Å²) in [7, 11) is 0. The van der Waals surface area contributed by atoms with E-state index in [9.17, 15) is 9.90 Å². The van der Waals surface area contributed by atoms with E-state index in [4.69, 9.17) is 0 Å². The molecule has 2 fully saturated rings. The third-order valence-electron chi connectivity index (χ3n) is 5.74. The molecule has 0 aromatic heterocycles. The molecule has 1 aromatic carbocycles. The van der Waals surface area contributed by atoms with Crippen molar-refractivity contribution in [1.29, 1.82) is 0 Å². The summed E-state index contributed by atoms with van der Waals surface area (Å²) < 4.78 is 0. The lowest BCUT2D eigenvalue weighted by atomic mass is 9.78. The number of nitrogens with zero attached hydrogens (tertiary/aromatic N) is 1. The molecule has 1 N–H and O–H groups in total. The Morgan fingerprint density at radius 2 is 1.78 bits per heavy atom. The number of carbonyl (C=O) groups excluding carboxylic acids is 1. The van der Waals surface area contributed by atoms with Gasteiger partial charge in [0.1, 0.15) is 0 Å². The van der Waals surface area contributed by atoms with E-state index < -0.39 is 6.10 Å². The van der Waals surface area contributed by atoms with Crippen LogP contribution in [0.2, 0.25) is 0 Å². The van der Waals surface area contributed by atoms with Crippen molar-refractivity contribution in [2.24, 2.45) is 5.92 Å². The van der Waals surface area contributed by atoms with Crippen LogP contribution in [0.3, 0.4) is 0 Å². The first-order valence-corrected chi connectivity index (χ1v) is 9.20. The standard InChI is InChI=1S/C20H29NO2/c1-15(22)19-9-5-6-14-21(19)20(23)18-12-10-17(11-13-18)16-7-3-2-4-8-16/h2-4,7-8,15,17-19,22H,5-6,9-14H2,1H3. The van der Waals surface area contributed by atoms with Crippen molar-refractivity contribution in [3.05, 3.63) is 35.9 Å². The monoisotopic (exact) mass is 315 g/mol. The summed E-state index contributed by atoms with van der Waals surface area (Å²) in [5.74, 6) is 1.06. The van der Waals surface area contributed by atoms with Crippen LogP contribution in [0.1, 0.15) is 63.4 Å². The van der Waals surface area contributed by atoms with Gasteiger partial charge in [0.25, 0.3) is 0 Å². The molecule has 1 aromatic rings. The summed E-state index contributed by atoms with van der Waals surface area (Å²) in [4.78, 5) is 14.9. The van der Waals surface area contributed by atoms with Gasteiger partial charge in [-0.2, -0.15) is 0 Å². The number of hydrogen-bond donors (Lipinski definition) is 1. The second kappa shape index (κ2) is 7.48. The summed E-state index contributed by atoms with van der Waals surface area (Å²) in [6.45, 7) is 2.65. The Kier molecular flexibility index (Phi) is 5.37. The lowest BCUT2D eigenvalue weighted by Gasteiger charge is -2.40. The lowest BCUT2D eigenvalue weighted by molar-refractivity contribution is -0.143. The van der Waals surface area contributed by atoms with Crippen molar-refractivity contribution >= 4 is 5.91 Å². The highest BCUT2D eigenvalue weighted by atomic mass is 16.3. The van der Waals surface area contributed by atoms with Crippen LogP contribution in [0.5, 0.6) is 0 Å². The molecule has 1 amide bonds. The molecule has 23 heavy (non-hydrogen) atoms. The second-order valence-corrected chi connectivity index (χ2v) is 7.29. The highest BCUT2D eigenvalue weighted by Crippen LogP contribution is 2.37. The Bertz CT molecular complexity index is 506. The average molecular weight is 315 g/mol. The first kappa shape index (κ1) is 16.5. The molecular weight excluding hydrogens is 286 g/mol. The third-order valence-corrected chi connectivity index (χ3v) is 5.74. The number of amides is 1. The topological polar surface area (TPSA) is 40.5 Å². The van der Waals surface area contributed by atoms with Crippen LogP contribution in [0.25, 0.3) is 0 Å². The van der Waals surface area contributed by atoms with E-state index >= 15 is 0 Å². The third kappa shape index (κ3) is 3.77. The molecular formula is C20H29NO2. The van der Waals surface area contributed by atoms with E-state index in [1.54, 1.807) is 0 Å². The number of carbonyl (C=O) groups is 1. The number of rotatable bonds is 3. The van der Waals surface area contributed by atoms with Crippen molar-refractivity contribution in [1.82, 2.24) is 4.90 Å². The molecule has 2 atom stereocenters. The predicted octanol–water partition coefficient (Wildman–Crippen LogP) is 3.72. The fraction of sp³-hybridized carbons (Fsp3) is 0.650. The SMILES string of the molecule is CC(O)C1CCCCN1C(=O)C1CCC(c2ccccc2)CC1. The van der Waals surface area contributed by atoms with Gasteiger partial charge in [-0.15, -0.1) is 0 Å². The summed E-state index contributed by atoms with van der Waals surface area (Å²) in [6, 6.07) is 10.7. The smallest absolute Gasteiger partial charge is 0.226 e. The number of benzene rings is 1. The minimum absolute atomic E-state index is 0.0306. The molecule has 2 unspecified atom stereocenters. The zero-order chi connectivity index (χ0) is 16.2. The molecule has 1 aliphatic carbocycles. The maximum absolute atomic E-state index is 12.9. The van der Waals surface area contributed by atoms with Crippen LogP contribution in [0, 0.1) is 5.92 Å². The van der Waals surface area contributed by atoms with Crippen LogP contribution in [0.4, 0.5) is 0 Å². The highest BCUT2D eigenvalue weighted by Gasteiger charge is 2.35. The molecule has 1 saturated carbocycles. The van der Waals surface area contributed by atoms with Gasteiger partial charge in [-0.25, -0.2) is 0 Å². The number of likely N-dealkylation sites (tertiary alicyclic amines) is 1. The van der Waals surface area contributed by atoms with Crippen LogP contribution in [-0.4, -0.2) is 34.6 Å². The van der Waals surface area contributed by atoms with Gasteiger partial charge >= 0.3 is 0 Å². The zero-order valence-corrected chi connectivity index (χ0v) is 14.2. The largest absolute Gasteiger partial charge is 0.391 e. The molecule has 1 aliphatic heterocycles. The average Bonchev–Trinajstić information content (AvgIpc) is 2.62. The summed E-state index contributed by atoms with van der Waals surface area (Å²) >= 11 is 0. The molecule has 3 rings (SSSR count). The minimum Gasteiger partial charge on any atom is -0.391 e. The molecule has 126 valence electrons. The van der Waals surface area contributed by atoms with E-state index in [1.165, 1.54) is 5.56 Å². The van der Waals surface area contributed by atoms with E-state index in [1.807, 2.05) is 11.8 Å². The number of piperidine rings is 1. The molecule has 3 heteroatoms. The van der Waals surface area contributed by atoms with Crippen molar-refractivity contribution in [2.75, 3.05) is 6.54 Å². The van der Waals surface area contributed by atoms with E-state index in [-0.39, 0.29) is 12.0 Å². The van der Waals surface area contributed by atoms with Crippen LogP contribution < -0.4 is 0 Å². The van der Waals surface area contributed by atoms with Crippen molar-refractivity contribution < 1.29 is 9.90 Å². The van der Waals surface area contributed by atoms with E-state index in [0.717, 1.165) is 51.5 Å². The normalized spacial score (nSPS) is 30.0. The molecule has 3 nitrogen and oxygen atoms in total. The molecule has 1 saturated heterocycles. The van der Waals surface area contributed by atoms with Crippen molar-refractivity contribution in [3.63, 3.8) is 0 Å². The van der Waals surface area contributed by atoms with Crippen molar-refractivity contribution in [2.45, 2.75) is 69.9 Å². The number of aliphatic hydroxyl groups excluding tert-OH is 1. The van der Waals surface area contributed by atoms with E-state index in [2.05, 4.69) is 30.3 Å². The summed E-state index contributed by atoms with van der Waals surface area (Å²) in [5.41, 5.74) is 1.42. The maximum atomic E-state index is 12.9. The van der Waals surface area contributed by atoms with Crippen molar-refractivity contribution in [3.8, 4) is 0 Å². The van der Waals surface area contributed by atoms with Gasteiger partial charge in [0.15, 0.2) is 0 Å². The van der Waals surface area contributed by atoms with E-state index in [0.29, 0.717) is 11.8 Å². The Labute approximate surface area is 139 Å². The Hall–Kier alpha value is -1.35. The Morgan fingerprint density at radius 1 is 1.09 bits per heavy atom. The van der Waals surface area contributed by atoms with Crippen LogP contribution >= 0.6 is 0 Å². The maximum Gasteiger partial charge on any atom is 0.226 e. The number of aliphatic hydroxyl groups is 1. The molecule has 2 aliphatic rings. The first-order chi connectivity index (χ1) is 11.2. The molecule has 0 radical (unpaired) electrons. The van der Waals surface area contributed by atoms with Gasteiger partial charge in [-0.05, 0) is 63.4 Å². The lowest BCUT2D eigenvalue weighted by Crippen LogP contribution is -2.51. The second-order valence-electron chi connectivity index (χ2n) is 7.29.